The van der Waals surface area contributed by atoms with Crippen LogP contribution in [0.25, 0.3) is 0 Å². The van der Waals surface area contributed by atoms with E-state index >= 15 is 0 Å². The van der Waals surface area contributed by atoms with Crippen LogP contribution in [0.15, 0.2) is 0 Å². The van der Waals surface area contributed by atoms with Crippen molar-refractivity contribution in [3.8, 4) is 0 Å². The summed E-state index contributed by atoms with van der Waals surface area (Å²) in [6.45, 7) is 20.3. The third-order valence-corrected chi connectivity index (χ3v) is 8.40. The molecule has 2 aliphatic carbocycles. The molecule has 0 aliphatic heterocycles. The number of hydrogen-bond acceptors (Lipinski definition) is 0. The summed E-state index contributed by atoms with van der Waals surface area (Å²) in [5.41, 5.74) is 1.64. The van der Waals surface area contributed by atoms with E-state index in [1.165, 1.54) is 38.5 Å². The number of fused-ring (bicyclic) bond motifs is 1. The van der Waals surface area contributed by atoms with Gasteiger partial charge in [0.1, 0.15) is 0 Å². The van der Waals surface area contributed by atoms with Gasteiger partial charge in [0.15, 0.2) is 0 Å². The molecule has 0 spiro atoms. The fraction of sp³-hybridized carbons (Fsp3) is 1.00. The highest BCUT2D eigenvalue weighted by molar-refractivity contribution is 5.15. The first-order chi connectivity index (χ1) is 9.62. The first kappa shape index (κ1) is 17.4. The van der Waals surface area contributed by atoms with Crippen molar-refractivity contribution in [2.75, 3.05) is 0 Å². The Balaban J connectivity index is 2.44. The molecule has 0 radical (unpaired) electrons. The highest BCUT2D eigenvalue weighted by atomic mass is 14.7. The Kier molecular flexibility index (Phi) is 4.60. The van der Waals surface area contributed by atoms with Crippen LogP contribution in [-0.4, -0.2) is 0 Å². The van der Waals surface area contributed by atoms with Gasteiger partial charge in [0.2, 0.25) is 0 Å². The number of rotatable bonds is 2. The fourth-order valence-electron chi connectivity index (χ4n) is 6.53. The maximum atomic E-state index is 2.65. The summed E-state index contributed by atoms with van der Waals surface area (Å²) in [5, 5.41) is 0. The molecule has 0 N–H and O–H groups in total. The Bertz CT molecular complexity index is 366. The Morgan fingerprint density at radius 3 is 2.05 bits per heavy atom. The Morgan fingerprint density at radius 2 is 1.52 bits per heavy atom. The Hall–Kier alpha value is 0. The molecule has 2 saturated carbocycles. The van der Waals surface area contributed by atoms with E-state index in [-0.39, 0.29) is 0 Å². The van der Waals surface area contributed by atoms with Crippen LogP contribution in [0.3, 0.4) is 0 Å². The predicted octanol–water partition coefficient (Wildman–Crippen LogP) is 6.94. The summed E-state index contributed by atoms with van der Waals surface area (Å²) < 4.78 is 0. The van der Waals surface area contributed by atoms with E-state index in [0.29, 0.717) is 16.2 Å². The van der Waals surface area contributed by atoms with E-state index in [4.69, 9.17) is 0 Å². The topological polar surface area (TPSA) is 0 Å². The molecule has 2 rings (SSSR count). The molecule has 124 valence electrons. The van der Waals surface area contributed by atoms with Crippen LogP contribution < -0.4 is 0 Å². The van der Waals surface area contributed by atoms with Crippen molar-refractivity contribution in [1.82, 2.24) is 0 Å². The van der Waals surface area contributed by atoms with Gasteiger partial charge in [0, 0.05) is 0 Å². The summed E-state index contributed by atoms with van der Waals surface area (Å²) in [5.74, 6) is 3.52. The molecule has 0 aromatic heterocycles. The predicted molar refractivity (Wildman–Crippen MR) is 94.4 cm³/mol. The second kappa shape index (κ2) is 5.57. The Labute approximate surface area is 134 Å². The molecule has 5 atom stereocenters. The van der Waals surface area contributed by atoms with E-state index in [1.54, 1.807) is 0 Å². The minimum absolute atomic E-state index is 0.512. The molecule has 0 aromatic rings. The van der Waals surface area contributed by atoms with Crippen LogP contribution in [0.4, 0.5) is 0 Å². The summed E-state index contributed by atoms with van der Waals surface area (Å²) in [7, 11) is 0. The van der Waals surface area contributed by atoms with Gasteiger partial charge >= 0.3 is 0 Å². The van der Waals surface area contributed by atoms with Crippen LogP contribution in [0.2, 0.25) is 0 Å². The van der Waals surface area contributed by atoms with Gasteiger partial charge in [-0.3, -0.25) is 0 Å². The smallest absolute Gasteiger partial charge is 0.0235 e. The summed E-state index contributed by atoms with van der Waals surface area (Å²) in [6, 6.07) is 0. The zero-order chi connectivity index (χ0) is 16.1. The zero-order valence-corrected chi connectivity index (χ0v) is 16.1. The summed E-state index contributed by atoms with van der Waals surface area (Å²) in [4.78, 5) is 0. The van der Waals surface area contributed by atoms with Gasteiger partial charge in [-0.05, 0) is 59.2 Å². The monoisotopic (exact) mass is 292 g/mol. The molecular weight excluding hydrogens is 252 g/mol. The molecule has 2 aliphatic rings. The Morgan fingerprint density at radius 1 is 0.952 bits per heavy atom. The van der Waals surface area contributed by atoms with E-state index in [9.17, 15) is 0 Å². The molecule has 0 amide bonds. The quantitative estimate of drug-likeness (QED) is 0.517. The van der Waals surface area contributed by atoms with Crippen LogP contribution in [-0.2, 0) is 0 Å². The molecule has 0 saturated heterocycles. The molecule has 5 unspecified atom stereocenters. The SMILES string of the molecule is CCC1(C)C(C(C)C)C2C(C)C(C)(C)CCCCCC21C. The average Bonchev–Trinajstić information content (AvgIpc) is 2.43. The van der Waals surface area contributed by atoms with E-state index < -0.39 is 0 Å². The van der Waals surface area contributed by atoms with Crippen molar-refractivity contribution in [2.45, 2.75) is 93.9 Å². The highest BCUT2D eigenvalue weighted by Gasteiger charge is 2.67. The van der Waals surface area contributed by atoms with Gasteiger partial charge in [0.25, 0.3) is 0 Å². The lowest BCUT2D eigenvalue weighted by atomic mass is 9.32. The molecule has 0 bridgehead atoms. The molecule has 0 aromatic carbocycles. The molecule has 0 nitrogen and oxygen atoms in total. The molecule has 0 heteroatoms. The van der Waals surface area contributed by atoms with Gasteiger partial charge in [-0.25, -0.2) is 0 Å². The third-order valence-electron chi connectivity index (χ3n) is 8.40. The van der Waals surface area contributed by atoms with Crippen molar-refractivity contribution in [3.63, 3.8) is 0 Å². The van der Waals surface area contributed by atoms with Crippen molar-refractivity contribution in [1.29, 1.82) is 0 Å². The van der Waals surface area contributed by atoms with Crippen LogP contribution in [0.5, 0.6) is 0 Å². The van der Waals surface area contributed by atoms with Gasteiger partial charge in [-0.1, -0.05) is 74.7 Å². The first-order valence-electron chi connectivity index (χ1n) is 9.62. The van der Waals surface area contributed by atoms with Crippen molar-refractivity contribution in [2.24, 2.45) is 39.9 Å². The normalized spacial score (nSPS) is 47.0. The average molecular weight is 293 g/mol. The molecule has 0 heterocycles. The van der Waals surface area contributed by atoms with E-state index in [2.05, 4.69) is 55.4 Å². The van der Waals surface area contributed by atoms with Crippen molar-refractivity contribution >= 4 is 0 Å². The molecule has 21 heavy (non-hydrogen) atoms. The summed E-state index contributed by atoms with van der Waals surface area (Å²) >= 11 is 0. The largest absolute Gasteiger partial charge is 0.0648 e. The van der Waals surface area contributed by atoms with Crippen LogP contribution >= 0.6 is 0 Å². The van der Waals surface area contributed by atoms with Gasteiger partial charge in [0.05, 0.1) is 0 Å². The second-order valence-corrected chi connectivity index (χ2v) is 9.82. The fourth-order valence-corrected chi connectivity index (χ4v) is 6.53. The lowest BCUT2D eigenvalue weighted by Crippen LogP contribution is -2.66. The number of hydrogen-bond donors (Lipinski definition) is 0. The minimum Gasteiger partial charge on any atom is -0.0648 e. The second-order valence-electron chi connectivity index (χ2n) is 9.82. The zero-order valence-electron chi connectivity index (χ0n) is 16.1. The minimum atomic E-state index is 0.512. The van der Waals surface area contributed by atoms with E-state index in [1.807, 2.05) is 0 Å². The molecular formula is C21H40. The standard InChI is InChI=1S/C21H40/c1-9-20(7)17(15(2)3)18-16(4)19(5,6)13-11-10-12-14-21(18,20)8/h15-18H,9-14H2,1-8H3. The van der Waals surface area contributed by atoms with Crippen LogP contribution in [0, 0.1) is 39.9 Å². The highest BCUT2D eigenvalue weighted by Crippen LogP contribution is 2.73. The van der Waals surface area contributed by atoms with Gasteiger partial charge in [-0.2, -0.15) is 0 Å². The lowest BCUT2D eigenvalue weighted by molar-refractivity contribution is -0.244. The van der Waals surface area contributed by atoms with Gasteiger partial charge in [-0.15, -0.1) is 0 Å². The molecule has 2 fully saturated rings. The van der Waals surface area contributed by atoms with Crippen molar-refractivity contribution in [3.05, 3.63) is 0 Å². The summed E-state index contributed by atoms with van der Waals surface area (Å²) in [6.07, 6.45) is 8.59. The van der Waals surface area contributed by atoms with E-state index in [0.717, 1.165) is 23.7 Å². The van der Waals surface area contributed by atoms with Gasteiger partial charge < -0.3 is 0 Å². The van der Waals surface area contributed by atoms with Crippen LogP contribution in [0.1, 0.15) is 93.9 Å². The first-order valence-corrected chi connectivity index (χ1v) is 9.62. The maximum absolute atomic E-state index is 2.65. The third kappa shape index (κ3) is 2.40. The maximum Gasteiger partial charge on any atom is -0.0235 e. The lowest BCUT2D eigenvalue weighted by Gasteiger charge is -2.72. The van der Waals surface area contributed by atoms with Crippen molar-refractivity contribution < 1.29 is 0 Å².